The van der Waals surface area contributed by atoms with Crippen molar-refractivity contribution in [2.24, 2.45) is 0 Å². The van der Waals surface area contributed by atoms with Crippen LogP contribution in [0.2, 0.25) is 0 Å². The van der Waals surface area contributed by atoms with Gasteiger partial charge in [0.1, 0.15) is 0 Å². The highest BCUT2D eigenvalue weighted by Crippen LogP contribution is 2.51. The van der Waals surface area contributed by atoms with E-state index >= 15 is 0 Å². The molecule has 0 amide bonds. The Balaban J connectivity index is 3.56. The maximum Gasteiger partial charge on any atom is 0.385 e. The summed E-state index contributed by atoms with van der Waals surface area (Å²) in [6.45, 7) is 4.57. The Bertz CT molecular complexity index is 446. The molecular formula is C24H51NO3P+. The monoisotopic (exact) mass is 432 g/mol. The lowest BCUT2D eigenvalue weighted by atomic mass is 10.1. The van der Waals surface area contributed by atoms with E-state index in [0.717, 1.165) is 19.3 Å². The van der Waals surface area contributed by atoms with Gasteiger partial charge in [-0.15, -0.1) is 0 Å². The number of allylic oxidation sites excluding steroid dienone is 2. The summed E-state index contributed by atoms with van der Waals surface area (Å²) in [5.41, 5.74) is 0. The summed E-state index contributed by atoms with van der Waals surface area (Å²) in [7, 11) is 2.26. The molecule has 2 unspecified atom stereocenters. The Hall–Kier alpha value is -0.150. The Kier molecular flexibility index (Phi) is 17.4. The van der Waals surface area contributed by atoms with Crippen LogP contribution in [0.4, 0.5) is 0 Å². The molecule has 0 aliphatic rings. The SMILES string of the molecule is CCCCCCCCCCCCC/C=C\CCCOP(=O)(O)C(CC)[N+](C)(C)C. The zero-order chi connectivity index (χ0) is 22.0. The molecule has 0 aromatic rings. The van der Waals surface area contributed by atoms with Gasteiger partial charge in [0.15, 0.2) is 5.78 Å². The molecule has 0 saturated heterocycles. The average Bonchev–Trinajstić information content (AvgIpc) is 2.63. The maximum atomic E-state index is 12.5. The molecule has 0 fully saturated rings. The third kappa shape index (κ3) is 16.2. The zero-order valence-corrected chi connectivity index (χ0v) is 21.1. The molecule has 0 aromatic heterocycles. The summed E-state index contributed by atoms with van der Waals surface area (Å²) in [5.74, 6) is -0.362. The van der Waals surface area contributed by atoms with Crippen molar-refractivity contribution < 1.29 is 18.5 Å². The van der Waals surface area contributed by atoms with Gasteiger partial charge in [0.2, 0.25) is 0 Å². The third-order valence-corrected chi connectivity index (χ3v) is 7.93. The van der Waals surface area contributed by atoms with Gasteiger partial charge < -0.3 is 13.9 Å². The lowest BCUT2D eigenvalue weighted by molar-refractivity contribution is -0.883. The number of hydrogen-bond donors (Lipinski definition) is 1. The van der Waals surface area contributed by atoms with Crippen molar-refractivity contribution in [3.63, 3.8) is 0 Å². The quantitative estimate of drug-likeness (QED) is 0.0929. The first-order chi connectivity index (χ1) is 13.8. The van der Waals surface area contributed by atoms with Crippen LogP contribution in [0.5, 0.6) is 0 Å². The molecule has 174 valence electrons. The summed E-state index contributed by atoms with van der Waals surface area (Å²) in [6.07, 6.45) is 23.1. The van der Waals surface area contributed by atoms with Gasteiger partial charge >= 0.3 is 7.60 Å². The van der Waals surface area contributed by atoms with Crippen molar-refractivity contribution in [3.8, 4) is 0 Å². The zero-order valence-electron chi connectivity index (χ0n) is 20.2. The first-order valence-corrected chi connectivity index (χ1v) is 13.8. The first kappa shape index (κ1) is 28.9. The highest BCUT2D eigenvalue weighted by Gasteiger charge is 2.41. The predicted molar refractivity (Wildman–Crippen MR) is 127 cm³/mol. The molecule has 1 N–H and O–H groups in total. The van der Waals surface area contributed by atoms with Gasteiger partial charge in [-0.2, -0.15) is 0 Å². The molecule has 0 radical (unpaired) electrons. The van der Waals surface area contributed by atoms with Crippen molar-refractivity contribution in [3.05, 3.63) is 12.2 Å². The van der Waals surface area contributed by atoms with Gasteiger partial charge in [-0.1, -0.05) is 90.2 Å². The van der Waals surface area contributed by atoms with Crippen molar-refractivity contribution in [2.45, 2.75) is 116 Å². The number of quaternary nitrogens is 1. The molecule has 2 atom stereocenters. The second-order valence-electron chi connectivity index (χ2n) is 9.34. The molecule has 0 bridgehead atoms. The lowest BCUT2D eigenvalue weighted by Gasteiger charge is -2.35. The first-order valence-electron chi connectivity index (χ1n) is 12.2. The van der Waals surface area contributed by atoms with Crippen LogP contribution in [0.15, 0.2) is 12.2 Å². The van der Waals surface area contributed by atoms with Crippen LogP contribution in [0, 0.1) is 0 Å². The molecule has 0 aromatic carbocycles. The second-order valence-corrected chi connectivity index (χ2v) is 11.3. The molecule has 5 heteroatoms. The van der Waals surface area contributed by atoms with Crippen LogP contribution in [0.1, 0.15) is 110 Å². The van der Waals surface area contributed by atoms with Gasteiger partial charge in [0, 0.05) is 6.42 Å². The molecule has 0 aliphatic heterocycles. The predicted octanol–water partition coefficient (Wildman–Crippen LogP) is 7.67. The van der Waals surface area contributed by atoms with E-state index in [0.29, 0.717) is 17.5 Å². The summed E-state index contributed by atoms with van der Waals surface area (Å²) in [6, 6.07) is 0. The fourth-order valence-corrected chi connectivity index (χ4v) is 5.76. The van der Waals surface area contributed by atoms with Gasteiger partial charge in [-0.3, -0.25) is 4.57 Å². The molecule has 0 saturated carbocycles. The van der Waals surface area contributed by atoms with Gasteiger partial charge in [-0.25, -0.2) is 0 Å². The van der Waals surface area contributed by atoms with E-state index in [1.54, 1.807) is 0 Å². The number of rotatable bonds is 20. The summed E-state index contributed by atoms with van der Waals surface area (Å²) in [4.78, 5) is 10.2. The minimum Gasteiger partial charge on any atom is -0.320 e. The molecule has 29 heavy (non-hydrogen) atoms. The van der Waals surface area contributed by atoms with E-state index < -0.39 is 7.60 Å². The van der Waals surface area contributed by atoms with Gasteiger partial charge in [0.05, 0.1) is 27.7 Å². The smallest absolute Gasteiger partial charge is 0.320 e. The largest absolute Gasteiger partial charge is 0.385 e. The summed E-state index contributed by atoms with van der Waals surface area (Å²) < 4.78 is 18.3. The van der Waals surface area contributed by atoms with Crippen LogP contribution >= 0.6 is 7.60 Å². The minimum absolute atomic E-state index is 0.354. The van der Waals surface area contributed by atoms with Crippen molar-refractivity contribution in [2.75, 3.05) is 27.7 Å². The molecule has 0 aliphatic carbocycles. The number of unbranched alkanes of at least 4 members (excludes halogenated alkanes) is 12. The molecule has 4 nitrogen and oxygen atoms in total. The molecular weight excluding hydrogens is 381 g/mol. The van der Waals surface area contributed by atoms with Crippen molar-refractivity contribution in [1.29, 1.82) is 0 Å². The standard InChI is InChI=1S/C24H50NO3P/c1-6-8-9-10-11-12-13-14-15-16-17-18-19-20-21-22-23-28-29(26,27)24(7-2)25(3,4)5/h19-20,24H,6-18,21-23H2,1-5H3/p+1/b20-19-. The third-order valence-electron chi connectivity index (χ3n) is 5.57. The molecule has 0 spiro atoms. The van der Waals surface area contributed by atoms with E-state index in [1.165, 1.54) is 70.6 Å². The normalized spacial score (nSPS) is 15.7. The molecule has 0 heterocycles. The maximum absolute atomic E-state index is 12.5. The van der Waals surface area contributed by atoms with Crippen molar-refractivity contribution >= 4 is 7.60 Å². The highest BCUT2D eigenvalue weighted by atomic mass is 31.2. The fourth-order valence-electron chi connectivity index (χ4n) is 3.86. The summed E-state index contributed by atoms with van der Waals surface area (Å²) in [5, 5.41) is 0. The van der Waals surface area contributed by atoms with Crippen molar-refractivity contribution in [1.82, 2.24) is 0 Å². The highest BCUT2D eigenvalue weighted by molar-refractivity contribution is 7.53. The van der Waals surface area contributed by atoms with Gasteiger partial charge in [-0.05, 0) is 25.7 Å². The minimum atomic E-state index is -3.57. The van der Waals surface area contributed by atoms with Crippen LogP contribution in [0.3, 0.4) is 0 Å². The van der Waals surface area contributed by atoms with Crippen LogP contribution in [0.25, 0.3) is 0 Å². The summed E-state index contributed by atoms with van der Waals surface area (Å²) >= 11 is 0. The van der Waals surface area contributed by atoms with Crippen LogP contribution in [-0.4, -0.2) is 42.9 Å². The average molecular weight is 433 g/mol. The topological polar surface area (TPSA) is 46.5 Å². The fraction of sp³-hybridized carbons (Fsp3) is 0.917. The van der Waals surface area contributed by atoms with E-state index in [9.17, 15) is 9.46 Å². The number of hydrogen-bond acceptors (Lipinski definition) is 2. The van der Waals surface area contributed by atoms with E-state index in [-0.39, 0.29) is 5.78 Å². The Morgan fingerprint density at radius 3 is 1.69 bits per heavy atom. The van der Waals surface area contributed by atoms with E-state index in [1.807, 2.05) is 28.1 Å². The van der Waals surface area contributed by atoms with E-state index in [4.69, 9.17) is 4.52 Å². The molecule has 0 rings (SSSR count). The van der Waals surface area contributed by atoms with Gasteiger partial charge in [0.25, 0.3) is 0 Å². The van der Waals surface area contributed by atoms with Crippen LogP contribution in [-0.2, 0) is 9.09 Å². The van der Waals surface area contributed by atoms with Crippen LogP contribution < -0.4 is 0 Å². The lowest BCUT2D eigenvalue weighted by Crippen LogP contribution is -2.44. The Morgan fingerprint density at radius 2 is 1.24 bits per heavy atom. The van der Waals surface area contributed by atoms with E-state index in [2.05, 4.69) is 19.1 Å². The number of nitrogens with zero attached hydrogens (tertiary/aromatic N) is 1. The Labute approximate surface area is 182 Å². The Morgan fingerprint density at radius 1 is 0.793 bits per heavy atom. The second kappa shape index (κ2) is 17.5.